The van der Waals surface area contributed by atoms with Gasteiger partial charge in [0.2, 0.25) is 0 Å². The third-order valence-electron chi connectivity index (χ3n) is 10.1. The zero-order chi connectivity index (χ0) is 45.1. The van der Waals surface area contributed by atoms with Gasteiger partial charge in [0, 0.05) is 37.2 Å². The SMILES string of the molecule is CC(C)(C)OC(=O)C[C@H](CCCOCc1ccccc1)c1cc(CO)no1.CC(C)(C)OC(=O)C[C@H](CCCOCc1ccccc1)c1cc(CO[Si](C)(C)C(C)(C)C)no1. The maximum absolute atomic E-state index is 12.6. The van der Waals surface area contributed by atoms with Gasteiger partial charge >= 0.3 is 11.9 Å². The van der Waals surface area contributed by atoms with Crippen molar-refractivity contribution in [2.24, 2.45) is 0 Å². The lowest BCUT2D eigenvalue weighted by atomic mass is 9.96. The first-order valence-electron chi connectivity index (χ1n) is 21.5. The largest absolute Gasteiger partial charge is 0.460 e. The van der Waals surface area contributed by atoms with Crippen molar-refractivity contribution in [1.29, 1.82) is 0 Å². The summed E-state index contributed by atoms with van der Waals surface area (Å²) in [5, 5.41) is 17.4. The summed E-state index contributed by atoms with van der Waals surface area (Å²) in [6.07, 6.45) is 3.47. The number of aromatic nitrogens is 2. The van der Waals surface area contributed by atoms with E-state index in [2.05, 4.69) is 44.2 Å². The molecule has 2 aromatic heterocycles. The molecule has 0 amide bonds. The van der Waals surface area contributed by atoms with Gasteiger partial charge in [0.15, 0.2) is 8.32 Å². The Kier molecular flexibility index (Phi) is 20.6. The topological polar surface area (TPSA) is 153 Å². The number of carbonyl (C=O) groups is 2. The Bertz CT molecular complexity index is 1840. The average Bonchev–Trinajstić information content (AvgIpc) is 3.86. The van der Waals surface area contributed by atoms with Crippen molar-refractivity contribution in [3.8, 4) is 0 Å². The van der Waals surface area contributed by atoms with E-state index in [0.717, 1.165) is 36.1 Å². The van der Waals surface area contributed by atoms with Crippen LogP contribution in [0.25, 0.3) is 0 Å². The van der Waals surface area contributed by atoms with Gasteiger partial charge in [-0.1, -0.05) is 91.7 Å². The standard InChI is InChI=1S/C27H43NO5Si.C21H29NO5/c1-26(2,3)32-25(29)17-22(15-12-16-30-19-21-13-10-9-11-14-21)24-18-23(28-33-24)20-31-34(7,8)27(4,5)6;1-21(2,3)26-20(24)12-17(19-13-18(14-23)22-27-19)10-7-11-25-15-16-8-5-4-6-9-16/h9-11,13-14,18,22H,12,15-17,19-20H2,1-8H3;4-6,8-9,13,17,23H,7,10-12,14-15H2,1-3H3/t22-;17-/m00/s1. The van der Waals surface area contributed by atoms with E-state index in [9.17, 15) is 14.7 Å². The van der Waals surface area contributed by atoms with E-state index in [1.54, 1.807) is 6.07 Å². The summed E-state index contributed by atoms with van der Waals surface area (Å²) in [4.78, 5) is 24.8. The highest BCUT2D eigenvalue weighted by Gasteiger charge is 2.37. The third kappa shape index (κ3) is 20.5. The summed E-state index contributed by atoms with van der Waals surface area (Å²) in [6, 6.07) is 23.7. The van der Waals surface area contributed by atoms with Gasteiger partial charge in [-0.25, -0.2) is 0 Å². The monoisotopic (exact) mass is 864 g/mol. The van der Waals surface area contributed by atoms with Gasteiger partial charge in [0.25, 0.3) is 0 Å². The molecular formula is C48H72N2O10Si. The number of carbonyl (C=O) groups excluding carboxylic acids is 2. The highest BCUT2D eigenvalue weighted by Crippen LogP contribution is 2.37. The minimum atomic E-state index is -1.89. The number of hydrogen-bond acceptors (Lipinski definition) is 12. The van der Waals surface area contributed by atoms with Crippen molar-refractivity contribution < 1.29 is 47.1 Å². The van der Waals surface area contributed by atoms with Crippen LogP contribution < -0.4 is 0 Å². The fourth-order valence-electron chi connectivity index (χ4n) is 5.91. The Balaban J connectivity index is 0.000000334. The smallest absolute Gasteiger partial charge is 0.307 e. The Morgan fingerprint density at radius 3 is 1.43 bits per heavy atom. The van der Waals surface area contributed by atoms with Crippen molar-refractivity contribution in [2.45, 2.75) is 168 Å². The van der Waals surface area contributed by atoms with Crippen LogP contribution in [0.5, 0.6) is 0 Å². The number of ether oxygens (including phenoxy) is 4. The van der Waals surface area contributed by atoms with Crippen molar-refractivity contribution in [3.05, 3.63) is 107 Å². The molecule has 12 nitrogen and oxygen atoms in total. The Morgan fingerprint density at radius 2 is 1.05 bits per heavy atom. The molecule has 4 aromatic rings. The van der Waals surface area contributed by atoms with Crippen LogP contribution in [0.3, 0.4) is 0 Å². The summed E-state index contributed by atoms with van der Waals surface area (Å²) in [5.41, 5.74) is 2.44. The van der Waals surface area contributed by atoms with Crippen LogP contribution in [0.4, 0.5) is 0 Å². The van der Waals surface area contributed by atoms with Crippen molar-refractivity contribution in [1.82, 2.24) is 10.3 Å². The Morgan fingerprint density at radius 1 is 0.639 bits per heavy atom. The van der Waals surface area contributed by atoms with Crippen LogP contribution >= 0.6 is 0 Å². The fraction of sp³-hybridized carbons (Fsp3) is 0.583. The molecule has 0 saturated carbocycles. The molecule has 0 aliphatic carbocycles. The number of rotatable bonds is 22. The van der Waals surface area contributed by atoms with E-state index >= 15 is 0 Å². The van der Waals surface area contributed by atoms with E-state index in [1.807, 2.05) is 108 Å². The molecule has 13 heteroatoms. The molecule has 4 rings (SSSR count). The van der Waals surface area contributed by atoms with E-state index < -0.39 is 19.5 Å². The molecule has 2 aromatic carbocycles. The second-order valence-corrected chi connectivity index (χ2v) is 23.8. The Labute approximate surface area is 365 Å². The molecule has 338 valence electrons. The van der Waals surface area contributed by atoms with E-state index in [4.69, 9.17) is 32.4 Å². The summed E-state index contributed by atoms with van der Waals surface area (Å²) >= 11 is 0. The van der Waals surface area contributed by atoms with E-state index in [1.165, 1.54) is 0 Å². The summed E-state index contributed by atoms with van der Waals surface area (Å²) in [5.74, 6) is 0.491. The molecule has 2 heterocycles. The lowest BCUT2D eigenvalue weighted by Crippen LogP contribution is -2.40. The van der Waals surface area contributed by atoms with Gasteiger partial charge < -0.3 is 37.5 Å². The highest BCUT2D eigenvalue weighted by molar-refractivity contribution is 6.74. The molecule has 0 bridgehead atoms. The molecule has 0 fully saturated rings. The molecule has 0 aliphatic rings. The average molecular weight is 865 g/mol. The second-order valence-electron chi connectivity index (χ2n) is 19.0. The number of aliphatic hydroxyl groups excluding tert-OH is 1. The summed E-state index contributed by atoms with van der Waals surface area (Å²) in [7, 11) is -1.89. The Hall–Kier alpha value is -4.14. The van der Waals surface area contributed by atoms with Crippen LogP contribution in [0.1, 0.15) is 147 Å². The van der Waals surface area contributed by atoms with Gasteiger partial charge in [0.05, 0.1) is 39.3 Å². The predicted molar refractivity (Wildman–Crippen MR) is 238 cm³/mol. The van der Waals surface area contributed by atoms with Crippen molar-refractivity contribution >= 4 is 20.3 Å². The van der Waals surface area contributed by atoms with Gasteiger partial charge in [-0.2, -0.15) is 0 Å². The summed E-state index contributed by atoms with van der Waals surface area (Å²) < 4.78 is 39.8. The number of nitrogens with zero attached hydrogens (tertiary/aromatic N) is 2. The van der Waals surface area contributed by atoms with Crippen LogP contribution in [0.15, 0.2) is 81.8 Å². The van der Waals surface area contributed by atoms with Crippen molar-refractivity contribution in [3.63, 3.8) is 0 Å². The first-order chi connectivity index (χ1) is 28.6. The normalized spacial score (nSPS) is 13.2. The lowest BCUT2D eigenvalue weighted by molar-refractivity contribution is -0.156. The lowest BCUT2D eigenvalue weighted by Gasteiger charge is -2.35. The van der Waals surface area contributed by atoms with E-state index in [0.29, 0.717) is 56.7 Å². The minimum absolute atomic E-state index is 0.121. The number of esters is 2. The van der Waals surface area contributed by atoms with Gasteiger partial charge in [-0.15, -0.1) is 0 Å². The quantitative estimate of drug-likeness (QED) is 0.0454. The predicted octanol–water partition coefficient (Wildman–Crippen LogP) is 11.0. The van der Waals surface area contributed by atoms with Crippen LogP contribution in [-0.4, -0.2) is 60.1 Å². The zero-order valence-corrected chi connectivity index (χ0v) is 39.6. The molecule has 0 radical (unpaired) electrons. The van der Waals surface area contributed by atoms with Gasteiger partial charge in [0.1, 0.15) is 34.1 Å². The van der Waals surface area contributed by atoms with Crippen molar-refractivity contribution in [2.75, 3.05) is 13.2 Å². The molecule has 0 aliphatic heterocycles. The number of aliphatic hydroxyl groups is 1. The maximum Gasteiger partial charge on any atom is 0.307 e. The highest BCUT2D eigenvalue weighted by atomic mass is 28.4. The first kappa shape index (κ1) is 51.2. The molecule has 2 atom stereocenters. The second kappa shape index (κ2) is 24.5. The zero-order valence-electron chi connectivity index (χ0n) is 38.6. The maximum atomic E-state index is 12.6. The van der Waals surface area contributed by atoms with Gasteiger partial charge in [-0.3, -0.25) is 9.59 Å². The number of hydrogen-bond donors (Lipinski definition) is 1. The molecule has 0 unspecified atom stereocenters. The van der Waals surface area contributed by atoms with Crippen LogP contribution in [0, 0.1) is 0 Å². The summed E-state index contributed by atoms with van der Waals surface area (Å²) in [6.45, 7) is 24.8. The first-order valence-corrected chi connectivity index (χ1v) is 24.4. The molecular weight excluding hydrogens is 793 g/mol. The number of benzene rings is 2. The molecule has 0 spiro atoms. The fourth-order valence-corrected chi connectivity index (χ4v) is 6.85. The molecule has 61 heavy (non-hydrogen) atoms. The molecule has 1 N–H and O–H groups in total. The molecule has 0 saturated heterocycles. The third-order valence-corrected chi connectivity index (χ3v) is 14.6. The van der Waals surface area contributed by atoms with Crippen LogP contribution in [-0.2, 0) is 59.4 Å². The van der Waals surface area contributed by atoms with Crippen LogP contribution in [0.2, 0.25) is 18.1 Å². The van der Waals surface area contributed by atoms with E-state index in [-0.39, 0.29) is 48.3 Å². The van der Waals surface area contributed by atoms with Gasteiger partial charge in [-0.05, 0) is 96.5 Å². The minimum Gasteiger partial charge on any atom is -0.460 e.